The lowest BCUT2D eigenvalue weighted by molar-refractivity contribution is 0.422. The van der Waals surface area contributed by atoms with Crippen LogP contribution in [-0.4, -0.2) is 5.16 Å². The lowest BCUT2D eigenvalue weighted by Gasteiger charge is -1.97. The van der Waals surface area contributed by atoms with Crippen molar-refractivity contribution in [3.8, 4) is 0 Å². The quantitative estimate of drug-likeness (QED) is 0.660. The number of benzene rings is 1. The third-order valence-electron chi connectivity index (χ3n) is 2.30. The van der Waals surface area contributed by atoms with Gasteiger partial charge >= 0.3 is 0 Å². The molecule has 1 aromatic carbocycles. The number of aryl methyl sites for hydroxylation is 1. The van der Waals surface area contributed by atoms with Crippen molar-refractivity contribution in [3.63, 3.8) is 0 Å². The van der Waals surface area contributed by atoms with Gasteiger partial charge in [0.05, 0.1) is 11.4 Å². The Labute approximate surface area is 103 Å². The molecule has 2 rings (SSSR count). The van der Waals surface area contributed by atoms with E-state index in [-0.39, 0.29) is 0 Å². The highest BCUT2D eigenvalue weighted by Gasteiger charge is 2.06. The number of aromatic nitrogens is 1. The van der Waals surface area contributed by atoms with Gasteiger partial charge in [-0.25, -0.2) is 0 Å². The lowest BCUT2D eigenvalue weighted by atomic mass is 10.3. The normalized spacial score (nSPS) is 11.0. The summed E-state index contributed by atoms with van der Waals surface area (Å²) in [6, 6.07) is 7.15. The molecule has 5 nitrogen and oxygen atoms in total. The first-order valence-electron chi connectivity index (χ1n) is 5.02. The highest BCUT2D eigenvalue weighted by molar-refractivity contribution is 6.30. The SMILES string of the molecule is Cc1noc(N=NNc2ccc(Cl)cc2)c1C. The molecule has 1 N–H and O–H groups in total. The molecule has 1 heterocycles. The Morgan fingerprint density at radius 1 is 1.24 bits per heavy atom. The summed E-state index contributed by atoms with van der Waals surface area (Å²) in [4.78, 5) is 0. The van der Waals surface area contributed by atoms with Crippen molar-refractivity contribution >= 4 is 23.2 Å². The predicted molar refractivity (Wildman–Crippen MR) is 65.6 cm³/mol. The third kappa shape index (κ3) is 2.82. The molecule has 0 saturated carbocycles. The van der Waals surface area contributed by atoms with Gasteiger partial charge in [-0.15, -0.1) is 0 Å². The van der Waals surface area contributed by atoms with Crippen LogP contribution in [0.5, 0.6) is 0 Å². The standard InChI is InChI=1S/C11H11ClN4O/c1-7-8(2)15-17-11(7)14-16-13-10-5-3-9(12)4-6-10/h3-6H,1-2H3,(H,13,14). The molecule has 0 bridgehead atoms. The average molecular weight is 251 g/mol. The molecule has 6 heteroatoms. The average Bonchev–Trinajstić information content (AvgIpc) is 2.64. The van der Waals surface area contributed by atoms with Crippen LogP contribution in [0.1, 0.15) is 11.3 Å². The molecule has 0 aliphatic carbocycles. The maximum absolute atomic E-state index is 5.76. The van der Waals surface area contributed by atoms with E-state index in [4.69, 9.17) is 16.1 Å². The van der Waals surface area contributed by atoms with Crippen LogP contribution >= 0.6 is 11.6 Å². The molecule has 0 unspecified atom stereocenters. The van der Waals surface area contributed by atoms with Crippen LogP contribution < -0.4 is 5.43 Å². The van der Waals surface area contributed by atoms with Crippen molar-refractivity contribution in [1.82, 2.24) is 5.16 Å². The smallest absolute Gasteiger partial charge is 0.274 e. The number of hydrogen-bond acceptors (Lipinski definition) is 4. The predicted octanol–water partition coefficient (Wildman–Crippen LogP) is 4.06. The maximum atomic E-state index is 5.76. The minimum atomic E-state index is 0.406. The first-order chi connectivity index (χ1) is 8.16. The van der Waals surface area contributed by atoms with Gasteiger partial charge in [0.25, 0.3) is 5.88 Å². The van der Waals surface area contributed by atoms with E-state index in [9.17, 15) is 0 Å². The van der Waals surface area contributed by atoms with Crippen molar-refractivity contribution < 1.29 is 4.52 Å². The number of nitrogens with zero attached hydrogens (tertiary/aromatic N) is 3. The zero-order valence-corrected chi connectivity index (χ0v) is 10.2. The van der Waals surface area contributed by atoms with E-state index in [1.165, 1.54) is 0 Å². The van der Waals surface area contributed by atoms with E-state index in [1.807, 2.05) is 13.8 Å². The largest absolute Gasteiger partial charge is 0.334 e. The number of hydrogen-bond donors (Lipinski definition) is 1. The fraction of sp³-hybridized carbons (Fsp3) is 0.182. The van der Waals surface area contributed by atoms with Crippen LogP contribution in [0.15, 0.2) is 39.1 Å². The molecule has 0 amide bonds. The van der Waals surface area contributed by atoms with Gasteiger partial charge in [0.15, 0.2) is 0 Å². The molecule has 0 aliphatic rings. The van der Waals surface area contributed by atoms with Crippen LogP contribution in [0.25, 0.3) is 0 Å². The molecule has 0 spiro atoms. The monoisotopic (exact) mass is 250 g/mol. The highest BCUT2D eigenvalue weighted by Crippen LogP contribution is 2.21. The summed E-state index contributed by atoms with van der Waals surface area (Å²) >= 11 is 5.76. The summed E-state index contributed by atoms with van der Waals surface area (Å²) in [5.74, 6) is 0.406. The fourth-order valence-corrected chi connectivity index (χ4v) is 1.28. The lowest BCUT2D eigenvalue weighted by Crippen LogP contribution is -1.85. The van der Waals surface area contributed by atoms with Crippen molar-refractivity contribution in [2.45, 2.75) is 13.8 Å². The molecule has 2 aromatic rings. The topological polar surface area (TPSA) is 62.8 Å². The number of halogens is 1. The Morgan fingerprint density at radius 3 is 2.53 bits per heavy atom. The van der Waals surface area contributed by atoms with Gasteiger partial charge in [-0.3, -0.25) is 5.43 Å². The molecule has 0 saturated heterocycles. The van der Waals surface area contributed by atoms with E-state index in [2.05, 4.69) is 20.9 Å². The Hall–Kier alpha value is -1.88. The summed E-state index contributed by atoms with van der Waals surface area (Å²) in [7, 11) is 0. The Bertz CT molecular complexity index is 533. The van der Waals surface area contributed by atoms with Crippen LogP contribution in [0.4, 0.5) is 11.6 Å². The van der Waals surface area contributed by atoms with Gasteiger partial charge in [-0.05, 0) is 38.1 Å². The second-order valence-corrected chi connectivity index (χ2v) is 3.95. The van der Waals surface area contributed by atoms with E-state index in [0.29, 0.717) is 10.9 Å². The Kier molecular flexibility index (Phi) is 3.39. The molecule has 17 heavy (non-hydrogen) atoms. The van der Waals surface area contributed by atoms with E-state index in [0.717, 1.165) is 16.9 Å². The van der Waals surface area contributed by atoms with Crippen molar-refractivity contribution in [3.05, 3.63) is 40.5 Å². The zero-order chi connectivity index (χ0) is 12.3. The Morgan fingerprint density at radius 2 is 1.94 bits per heavy atom. The van der Waals surface area contributed by atoms with Crippen LogP contribution in [0.2, 0.25) is 5.02 Å². The number of nitrogens with one attached hydrogen (secondary N) is 1. The Balaban J connectivity index is 2.03. The summed E-state index contributed by atoms with van der Waals surface area (Å²) in [5, 5.41) is 12.2. The second kappa shape index (κ2) is 4.97. The highest BCUT2D eigenvalue weighted by atomic mass is 35.5. The number of anilines is 1. The number of rotatable bonds is 3. The molecule has 0 aliphatic heterocycles. The zero-order valence-electron chi connectivity index (χ0n) is 9.44. The second-order valence-electron chi connectivity index (χ2n) is 3.52. The maximum Gasteiger partial charge on any atom is 0.274 e. The fourth-order valence-electron chi connectivity index (χ4n) is 1.15. The summed E-state index contributed by atoms with van der Waals surface area (Å²) < 4.78 is 4.98. The molecular weight excluding hydrogens is 240 g/mol. The molecule has 0 fully saturated rings. The summed E-state index contributed by atoms with van der Waals surface area (Å²) in [6.07, 6.45) is 0. The minimum absolute atomic E-state index is 0.406. The molecule has 0 radical (unpaired) electrons. The van der Waals surface area contributed by atoms with Gasteiger partial charge in [0, 0.05) is 10.6 Å². The summed E-state index contributed by atoms with van der Waals surface area (Å²) in [6.45, 7) is 3.73. The van der Waals surface area contributed by atoms with E-state index < -0.39 is 0 Å². The van der Waals surface area contributed by atoms with Crippen LogP contribution in [0.3, 0.4) is 0 Å². The summed E-state index contributed by atoms with van der Waals surface area (Å²) in [5.41, 5.74) is 5.26. The van der Waals surface area contributed by atoms with Crippen molar-refractivity contribution in [2.24, 2.45) is 10.3 Å². The van der Waals surface area contributed by atoms with E-state index in [1.54, 1.807) is 24.3 Å². The third-order valence-corrected chi connectivity index (χ3v) is 2.55. The first-order valence-corrected chi connectivity index (χ1v) is 5.40. The molecule has 88 valence electrons. The van der Waals surface area contributed by atoms with Gasteiger partial charge in [0.1, 0.15) is 0 Å². The van der Waals surface area contributed by atoms with Crippen molar-refractivity contribution in [2.75, 3.05) is 5.43 Å². The van der Waals surface area contributed by atoms with Gasteiger partial charge in [-0.1, -0.05) is 27.1 Å². The molecular formula is C11H11ClN4O. The van der Waals surface area contributed by atoms with Gasteiger partial charge < -0.3 is 4.52 Å². The van der Waals surface area contributed by atoms with Gasteiger partial charge in [-0.2, -0.15) is 0 Å². The molecule has 1 aromatic heterocycles. The van der Waals surface area contributed by atoms with Gasteiger partial charge in [0.2, 0.25) is 0 Å². The molecule has 0 atom stereocenters. The van der Waals surface area contributed by atoms with Crippen LogP contribution in [-0.2, 0) is 0 Å². The first kappa shape index (κ1) is 11.6. The minimum Gasteiger partial charge on any atom is -0.334 e. The van der Waals surface area contributed by atoms with Crippen LogP contribution in [0, 0.1) is 13.8 Å². The van der Waals surface area contributed by atoms with Crippen molar-refractivity contribution in [1.29, 1.82) is 0 Å². The van der Waals surface area contributed by atoms with E-state index >= 15 is 0 Å².